The van der Waals surface area contributed by atoms with Crippen LogP contribution in [0.5, 0.6) is 0 Å². The highest BCUT2D eigenvalue weighted by Gasteiger charge is 2.21. The van der Waals surface area contributed by atoms with Crippen LogP contribution in [0, 0.1) is 5.82 Å². The molecule has 27 heavy (non-hydrogen) atoms. The Morgan fingerprint density at radius 1 is 1.22 bits per heavy atom. The molecule has 0 radical (unpaired) electrons. The Balaban J connectivity index is 1.66. The van der Waals surface area contributed by atoms with Crippen LogP contribution in [0.4, 0.5) is 15.9 Å². The number of hydrogen-bond donors (Lipinski definition) is 2. The number of nitrogens with one attached hydrogen (secondary N) is 2. The van der Waals surface area contributed by atoms with E-state index in [4.69, 9.17) is 4.74 Å². The summed E-state index contributed by atoms with van der Waals surface area (Å²) >= 11 is 0. The summed E-state index contributed by atoms with van der Waals surface area (Å²) in [6, 6.07) is 11.2. The minimum atomic E-state index is -0.308. The number of hydrogen-bond acceptors (Lipinski definition) is 5. The lowest BCUT2D eigenvalue weighted by Gasteiger charge is -2.24. The van der Waals surface area contributed by atoms with Crippen LogP contribution in [0.25, 0.3) is 17.0 Å². The van der Waals surface area contributed by atoms with Gasteiger partial charge in [0.15, 0.2) is 0 Å². The number of anilines is 2. The second kappa shape index (κ2) is 7.82. The van der Waals surface area contributed by atoms with Crippen LogP contribution in [-0.4, -0.2) is 29.7 Å². The van der Waals surface area contributed by atoms with E-state index < -0.39 is 0 Å². The lowest BCUT2D eigenvalue weighted by molar-refractivity contribution is 0.0256. The molecule has 2 aromatic carbocycles. The van der Waals surface area contributed by atoms with Gasteiger partial charge in [-0.05, 0) is 36.8 Å². The van der Waals surface area contributed by atoms with Crippen molar-refractivity contribution < 1.29 is 9.13 Å². The molecule has 2 heterocycles. The number of nitrogens with zero attached hydrogens (tertiary/aromatic N) is 2. The van der Waals surface area contributed by atoms with E-state index in [1.807, 2.05) is 43.3 Å². The second-order valence-electron chi connectivity index (χ2n) is 6.42. The number of allylic oxidation sites excluding steroid dienone is 1. The Morgan fingerprint density at radius 2 is 2.07 bits per heavy atom. The Hall–Kier alpha value is -2.83. The van der Waals surface area contributed by atoms with Crippen molar-refractivity contribution in [3.05, 3.63) is 65.7 Å². The predicted molar refractivity (Wildman–Crippen MR) is 105 cm³/mol. The van der Waals surface area contributed by atoms with Crippen LogP contribution in [0.3, 0.4) is 0 Å². The second-order valence-corrected chi connectivity index (χ2v) is 6.42. The molecule has 1 saturated heterocycles. The van der Waals surface area contributed by atoms with E-state index in [1.54, 1.807) is 6.07 Å². The first-order valence-electron chi connectivity index (χ1n) is 9.01. The monoisotopic (exact) mass is 364 g/mol. The van der Waals surface area contributed by atoms with Gasteiger partial charge in [-0.2, -0.15) is 0 Å². The average Bonchev–Trinajstić information content (AvgIpc) is 2.70. The number of ether oxygens (including phenoxy) is 1. The molecule has 4 rings (SSSR count). The maximum absolute atomic E-state index is 14.8. The summed E-state index contributed by atoms with van der Waals surface area (Å²) in [5, 5.41) is 7.12. The van der Waals surface area contributed by atoms with Crippen LogP contribution < -0.4 is 10.6 Å². The number of morpholine rings is 1. The molecule has 6 heteroatoms. The van der Waals surface area contributed by atoms with E-state index in [-0.39, 0.29) is 11.9 Å². The van der Waals surface area contributed by atoms with Crippen molar-refractivity contribution in [3.63, 3.8) is 0 Å². The first kappa shape index (κ1) is 17.6. The Bertz CT molecular complexity index is 966. The molecule has 1 atom stereocenters. The van der Waals surface area contributed by atoms with E-state index in [1.165, 1.54) is 12.4 Å². The van der Waals surface area contributed by atoms with Gasteiger partial charge in [0.2, 0.25) is 0 Å². The third kappa shape index (κ3) is 3.82. The minimum absolute atomic E-state index is 0.298. The molecule has 1 aromatic heterocycles. The zero-order chi connectivity index (χ0) is 18.6. The summed E-state index contributed by atoms with van der Waals surface area (Å²) in [6.07, 6.45) is 5.21. The average molecular weight is 364 g/mol. The number of halogens is 1. The van der Waals surface area contributed by atoms with E-state index in [9.17, 15) is 4.39 Å². The van der Waals surface area contributed by atoms with Gasteiger partial charge in [0, 0.05) is 29.7 Å². The third-order valence-electron chi connectivity index (χ3n) is 4.56. The van der Waals surface area contributed by atoms with Gasteiger partial charge < -0.3 is 15.4 Å². The SMILES string of the molecule is C/C=C/c1ccc(Nc2ncnc3cc(C4CNCCO4)c(F)cc23)cc1. The normalized spacial score (nSPS) is 17.5. The summed E-state index contributed by atoms with van der Waals surface area (Å²) in [7, 11) is 0. The van der Waals surface area contributed by atoms with Crippen molar-refractivity contribution >= 4 is 28.5 Å². The van der Waals surface area contributed by atoms with E-state index in [0.29, 0.717) is 35.4 Å². The lowest BCUT2D eigenvalue weighted by Crippen LogP contribution is -2.33. The first-order valence-corrected chi connectivity index (χ1v) is 9.01. The lowest BCUT2D eigenvalue weighted by atomic mass is 10.0. The molecule has 0 saturated carbocycles. The van der Waals surface area contributed by atoms with Crippen LogP contribution in [0.2, 0.25) is 0 Å². The molecule has 1 aliphatic heterocycles. The fraction of sp³-hybridized carbons (Fsp3) is 0.238. The van der Waals surface area contributed by atoms with Gasteiger partial charge in [-0.1, -0.05) is 24.3 Å². The number of fused-ring (bicyclic) bond motifs is 1. The molecule has 5 nitrogen and oxygen atoms in total. The van der Waals surface area contributed by atoms with Crippen molar-refractivity contribution in [3.8, 4) is 0 Å². The fourth-order valence-corrected chi connectivity index (χ4v) is 3.21. The fourth-order valence-electron chi connectivity index (χ4n) is 3.21. The van der Waals surface area contributed by atoms with Crippen LogP contribution in [0.15, 0.2) is 48.8 Å². The standard InChI is InChI=1S/C21H21FN4O/c1-2-3-14-4-6-15(7-5-14)26-21-17-10-18(22)16(11-19(17)24-13-25-21)20-12-23-8-9-27-20/h2-7,10-11,13,20,23H,8-9,12H2,1H3,(H,24,25,26)/b3-2+. The van der Waals surface area contributed by atoms with Crippen LogP contribution in [-0.2, 0) is 4.74 Å². The van der Waals surface area contributed by atoms with Crippen molar-refractivity contribution in [1.29, 1.82) is 0 Å². The summed E-state index contributed by atoms with van der Waals surface area (Å²) in [5.74, 6) is 0.268. The maximum atomic E-state index is 14.8. The van der Waals surface area contributed by atoms with Gasteiger partial charge in [-0.15, -0.1) is 0 Å². The Morgan fingerprint density at radius 3 is 2.81 bits per heavy atom. The summed E-state index contributed by atoms with van der Waals surface area (Å²) in [4.78, 5) is 8.61. The molecule has 3 aromatic rings. The topological polar surface area (TPSA) is 59.1 Å². The summed E-state index contributed by atoms with van der Waals surface area (Å²) < 4.78 is 20.4. The highest BCUT2D eigenvalue weighted by molar-refractivity contribution is 5.91. The molecule has 2 N–H and O–H groups in total. The molecule has 138 valence electrons. The molecule has 1 unspecified atom stereocenters. The van der Waals surface area contributed by atoms with Crippen molar-refractivity contribution in [2.24, 2.45) is 0 Å². The molecule has 0 aliphatic carbocycles. The molecule has 0 amide bonds. The Labute approximate surface area is 157 Å². The van der Waals surface area contributed by atoms with Gasteiger partial charge in [-0.25, -0.2) is 14.4 Å². The highest BCUT2D eigenvalue weighted by atomic mass is 19.1. The van der Waals surface area contributed by atoms with Gasteiger partial charge in [0.05, 0.1) is 18.2 Å². The highest BCUT2D eigenvalue weighted by Crippen LogP contribution is 2.29. The number of rotatable bonds is 4. The van der Waals surface area contributed by atoms with Gasteiger partial charge in [-0.3, -0.25) is 0 Å². The molecule has 0 spiro atoms. The third-order valence-corrected chi connectivity index (χ3v) is 4.56. The van der Waals surface area contributed by atoms with E-state index in [0.717, 1.165) is 17.8 Å². The van der Waals surface area contributed by atoms with Gasteiger partial charge in [0.25, 0.3) is 0 Å². The molecular weight excluding hydrogens is 343 g/mol. The van der Waals surface area contributed by atoms with Crippen molar-refractivity contribution in [2.75, 3.05) is 25.0 Å². The summed E-state index contributed by atoms with van der Waals surface area (Å²) in [5.41, 5.74) is 3.21. The van der Waals surface area contributed by atoms with E-state index >= 15 is 0 Å². The van der Waals surface area contributed by atoms with Crippen LogP contribution >= 0.6 is 0 Å². The number of benzene rings is 2. The smallest absolute Gasteiger partial charge is 0.141 e. The van der Waals surface area contributed by atoms with Crippen LogP contribution in [0.1, 0.15) is 24.2 Å². The Kier molecular flexibility index (Phi) is 5.09. The minimum Gasteiger partial charge on any atom is -0.371 e. The largest absolute Gasteiger partial charge is 0.371 e. The zero-order valence-electron chi connectivity index (χ0n) is 15.1. The van der Waals surface area contributed by atoms with Crippen molar-refractivity contribution in [1.82, 2.24) is 15.3 Å². The zero-order valence-corrected chi connectivity index (χ0v) is 15.1. The maximum Gasteiger partial charge on any atom is 0.141 e. The van der Waals surface area contributed by atoms with Crippen molar-refractivity contribution in [2.45, 2.75) is 13.0 Å². The first-order chi connectivity index (χ1) is 13.2. The quantitative estimate of drug-likeness (QED) is 0.726. The summed E-state index contributed by atoms with van der Waals surface area (Å²) in [6.45, 7) is 3.93. The molecule has 1 fully saturated rings. The molecular formula is C21H21FN4O. The molecule has 1 aliphatic rings. The number of aromatic nitrogens is 2. The van der Waals surface area contributed by atoms with Gasteiger partial charge >= 0.3 is 0 Å². The van der Waals surface area contributed by atoms with E-state index in [2.05, 4.69) is 20.6 Å². The van der Waals surface area contributed by atoms with Gasteiger partial charge in [0.1, 0.15) is 18.0 Å². The predicted octanol–water partition coefficient (Wildman–Crippen LogP) is 4.21. The molecule has 0 bridgehead atoms.